The first-order valence-corrected chi connectivity index (χ1v) is 7.29. The van der Waals surface area contributed by atoms with Crippen molar-refractivity contribution < 1.29 is 4.79 Å². The standard InChI is InChI=1S/C16H18N6O/c1-8-6-9(2)19-16(18-8)20-15(23)12-7-10(3)17-14-13(12)11(4)21-22(14)5/h6-7H,1-5H3,(H,18,19,20,23). The van der Waals surface area contributed by atoms with Crippen LogP contribution in [-0.2, 0) is 7.05 Å². The first-order valence-electron chi connectivity index (χ1n) is 7.29. The summed E-state index contributed by atoms with van der Waals surface area (Å²) >= 11 is 0. The smallest absolute Gasteiger partial charge is 0.258 e. The zero-order valence-corrected chi connectivity index (χ0v) is 13.8. The van der Waals surface area contributed by atoms with Gasteiger partial charge in [0.15, 0.2) is 5.65 Å². The largest absolute Gasteiger partial charge is 0.290 e. The summed E-state index contributed by atoms with van der Waals surface area (Å²) in [6, 6.07) is 3.62. The molecule has 3 rings (SSSR count). The quantitative estimate of drug-likeness (QED) is 0.784. The van der Waals surface area contributed by atoms with Gasteiger partial charge in [0.05, 0.1) is 16.6 Å². The molecule has 118 valence electrons. The first kappa shape index (κ1) is 15.1. The maximum atomic E-state index is 12.7. The number of pyridine rings is 1. The minimum Gasteiger partial charge on any atom is -0.290 e. The summed E-state index contributed by atoms with van der Waals surface area (Å²) in [6.07, 6.45) is 0. The van der Waals surface area contributed by atoms with Crippen molar-refractivity contribution in [2.24, 2.45) is 7.05 Å². The van der Waals surface area contributed by atoms with E-state index < -0.39 is 0 Å². The lowest BCUT2D eigenvalue weighted by molar-refractivity contribution is 0.102. The van der Waals surface area contributed by atoms with E-state index in [4.69, 9.17) is 0 Å². The number of nitrogens with zero attached hydrogens (tertiary/aromatic N) is 5. The van der Waals surface area contributed by atoms with Gasteiger partial charge in [-0.25, -0.2) is 15.0 Å². The topological polar surface area (TPSA) is 85.6 Å². The van der Waals surface area contributed by atoms with Crippen molar-refractivity contribution in [3.8, 4) is 0 Å². The van der Waals surface area contributed by atoms with Crippen LogP contribution in [0, 0.1) is 27.7 Å². The minimum atomic E-state index is -0.262. The van der Waals surface area contributed by atoms with Crippen molar-refractivity contribution in [2.45, 2.75) is 27.7 Å². The van der Waals surface area contributed by atoms with Gasteiger partial charge in [-0.3, -0.25) is 14.8 Å². The molecule has 0 spiro atoms. The molecule has 0 radical (unpaired) electrons. The zero-order valence-electron chi connectivity index (χ0n) is 13.8. The molecule has 0 saturated carbocycles. The fraction of sp³-hybridized carbons (Fsp3) is 0.312. The molecule has 0 aliphatic carbocycles. The number of aryl methyl sites for hydroxylation is 5. The lowest BCUT2D eigenvalue weighted by Crippen LogP contribution is -2.16. The van der Waals surface area contributed by atoms with Crippen LogP contribution in [0.2, 0.25) is 0 Å². The number of fused-ring (bicyclic) bond motifs is 1. The molecule has 0 fully saturated rings. The molecule has 0 atom stereocenters. The molecule has 1 N–H and O–H groups in total. The third kappa shape index (κ3) is 2.77. The maximum absolute atomic E-state index is 12.7. The summed E-state index contributed by atoms with van der Waals surface area (Å²) in [7, 11) is 1.82. The summed E-state index contributed by atoms with van der Waals surface area (Å²) in [5.74, 6) is 0.0401. The molecule has 3 aromatic rings. The molecule has 0 bridgehead atoms. The number of rotatable bonds is 2. The van der Waals surface area contributed by atoms with E-state index in [1.54, 1.807) is 10.7 Å². The van der Waals surface area contributed by atoms with E-state index in [2.05, 4.69) is 25.4 Å². The maximum Gasteiger partial charge on any atom is 0.258 e. The average molecular weight is 310 g/mol. The van der Waals surface area contributed by atoms with E-state index in [-0.39, 0.29) is 5.91 Å². The van der Waals surface area contributed by atoms with E-state index in [0.29, 0.717) is 17.2 Å². The van der Waals surface area contributed by atoms with Crippen LogP contribution in [0.25, 0.3) is 11.0 Å². The number of aromatic nitrogens is 5. The number of amides is 1. The van der Waals surface area contributed by atoms with Crippen LogP contribution >= 0.6 is 0 Å². The SMILES string of the molecule is Cc1cc(C)nc(NC(=O)c2cc(C)nc3c2c(C)nn3C)n1. The highest BCUT2D eigenvalue weighted by Crippen LogP contribution is 2.22. The molecule has 7 heteroatoms. The lowest BCUT2D eigenvalue weighted by Gasteiger charge is -2.08. The monoisotopic (exact) mass is 310 g/mol. The van der Waals surface area contributed by atoms with Gasteiger partial charge in [0.2, 0.25) is 5.95 Å². The van der Waals surface area contributed by atoms with Crippen molar-refractivity contribution in [2.75, 3.05) is 5.32 Å². The number of hydrogen-bond acceptors (Lipinski definition) is 5. The highest BCUT2D eigenvalue weighted by Gasteiger charge is 2.18. The number of carbonyl (C=O) groups excluding carboxylic acids is 1. The number of anilines is 1. The van der Waals surface area contributed by atoms with Crippen molar-refractivity contribution in [3.05, 3.63) is 40.5 Å². The Morgan fingerprint density at radius 2 is 1.61 bits per heavy atom. The Morgan fingerprint density at radius 1 is 1.00 bits per heavy atom. The normalized spacial score (nSPS) is 11.0. The van der Waals surface area contributed by atoms with Crippen LogP contribution in [0.5, 0.6) is 0 Å². The highest BCUT2D eigenvalue weighted by molar-refractivity contribution is 6.12. The molecule has 3 aromatic heterocycles. The minimum absolute atomic E-state index is 0.262. The second kappa shape index (κ2) is 5.42. The van der Waals surface area contributed by atoms with Gasteiger partial charge in [-0.1, -0.05) is 0 Å². The molecular weight excluding hydrogens is 292 g/mol. The van der Waals surface area contributed by atoms with Crippen molar-refractivity contribution in [3.63, 3.8) is 0 Å². The van der Waals surface area contributed by atoms with Crippen LogP contribution in [0.1, 0.15) is 33.1 Å². The van der Waals surface area contributed by atoms with E-state index in [1.165, 1.54) is 0 Å². The average Bonchev–Trinajstić information content (AvgIpc) is 2.71. The predicted octanol–water partition coefficient (Wildman–Crippen LogP) is 2.24. The van der Waals surface area contributed by atoms with Gasteiger partial charge in [0.1, 0.15) is 0 Å². The molecule has 0 aromatic carbocycles. The lowest BCUT2D eigenvalue weighted by atomic mass is 10.1. The number of carbonyl (C=O) groups is 1. The Morgan fingerprint density at radius 3 is 2.26 bits per heavy atom. The summed E-state index contributed by atoms with van der Waals surface area (Å²) in [5.41, 5.74) is 4.35. The Balaban J connectivity index is 2.07. The molecule has 3 heterocycles. The van der Waals surface area contributed by atoms with E-state index in [9.17, 15) is 4.79 Å². The van der Waals surface area contributed by atoms with Crippen LogP contribution in [0.15, 0.2) is 12.1 Å². The van der Waals surface area contributed by atoms with Crippen LogP contribution in [-0.4, -0.2) is 30.6 Å². The van der Waals surface area contributed by atoms with E-state index in [1.807, 2.05) is 40.8 Å². The van der Waals surface area contributed by atoms with Crippen LogP contribution in [0.4, 0.5) is 5.95 Å². The molecule has 0 saturated heterocycles. The fourth-order valence-corrected chi connectivity index (χ4v) is 2.70. The molecule has 0 unspecified atom stereocenters. The zero-order chi connectivity index (χ0) is 16.7. The van der Waals surface area contributed by atoms with E-state index >= 15 is 0 Å². The summed E-state index contributed by atoms with van der Waals surface area (Å²) < 4.78 is 1.68. The highest BCUT2D eigenvalue weighted by atomic mass is 16.1. The predicted molar refractivity (Wildman–Crippen MR) is 87.4 cm³/mol. The van der Waals surface area contributed by atoms with Gasteiger partial charge < -0.3 is 0 Å². The summed E-state index contributed by atoms with van der Waals surface area (Å²) in [5, 5.41) is 7.87. The van der Waals surface area contributed by atoms with Crippen molar-refractivity contribution >= 4 is 22.9 Å². The van der Waals surface area contributed by atoms with Gasteiger partial charge in [0.25, 0.3) is 5.91 Å². The van der Waals surface area contributed by atoms with E-state index in [0.717, 1.165) is 28.2 Å². The number of hydrogen-bond donors (Lipinski definition) is 1. The van der Waals surface area contributed by atoms with Gasteiger partial charge in [0, 0.05) is 24.1 Å². The molecule has 7 nitrogen and oxygen atoms in total. The summed E-state index contributed by atoms with van der Waals surface area (Å²) in [4.78, 5) is 25.7. The molecular formula is C16H18N6O. The molecule has 0 aliphatic rings. The Kier molecular flexibility index (Phi) is 3.55. The van der Waals surface area contributed by atoms with Gasteiger partial charge >= 0.3 is 0 Å². The van der Waals surface area contributed by atoms with Gasteiger partial charge in [-0.2, -0.15) is 5.10 Å². The molecule has 23 heavy (non-hydrogen) atoms. The Hall–Kier alpha value is -2.83. The first-order chi connectivity index (χ1) is 10.8. The second-order valence-electron chi connectivity index (χ2n) is 5.65. The van der Waals surface area contributed by atoms with Crippen LogP contribution < -0.4 is 5.32 Å². The van der Waals surface area contributed by atoms with Gasteiger partial charge in [-0.15, -0.1) is 0 Å². The Labute approximate surface area is 133 Å². The molecule has 0 aliphatic heterocycles. The number of nitrogens with one attached hydrogen (secondary N) is 1. The summed E-state index contributed by atoms with van der Waals surface area (Å²) in [6.45, 7) is 7.45. The van der Waals surface area contributed by atoms with Crippen LogP contribution in [0.3, 0.4) is 0 Å². The third-order valence-corrected chi connectivity index (χ3v) is 3.55. The third-order valence-electron chi connectivity index (χ3n) is 3.55. The van der Waals surface area contributed by atoms with Crippen molar-refractivity contribution in [1.82, 2.24) is 24.7 Å². The molecule has 1 amide bonds. The second-order valence-corrected chi connectivity index (χ2v) is 5.65. The van der Waals surface area contributed by atoms with Crippen molar-refractivity contribution in [1.29, 1.82) is 0 Å². The van der Waals surface area contributed by atoms with Gasteiger partial charge in [-0.05, 0) is 39.8 Å². The fourth-order valence-electron chi connectivity index (χ4n) is 2.70. The Bertz CT molecular complexity index is 908.